The molecule has 164 valence electrons. The summed E-state index contributed by atoms with van der Waals surface area (Å²) in [6.07, 6.45) is 1.78. The average Bonchev–Trinajstić information content (AvgIpc) is 3.08. The lowest BCUT2D eigenvalue weighted by molar-refractivity contribution is -0.139. The molecule has 1 unspecified atom stereocenters. The van der Waals surface area contributed by atoms with Crippen molar-refractivity contribution < 1.29 is 14.3 Å². The molecule has 0 N–H and O–H groups in total. The number of hydrogen-bond donors (Lipinski definition) is 0. The SMILES string of the molecule is CCOC(=O)C1=C(C)N=c2sc(=Cc3ccccc3OC)c(=O)n2C1c1ccc(Cl)cc1. The molecule has 32 heavy (non-hydrogen) atoms. The van der Waals surface area contributed by atoms with Gasteiger partial charge in [-0.15, -0.1) is 0 Å². The fraction of sp³-hybridized carbons (Fsp3) is 0.208. The van der Waals surface area contributed by atoms with Gasteiger partial charge in [-0.25, -0.2) is 9.79 Å². The van der Waals surface area contributed by atoms with E-state index in [-0.39, 0.29) is 12.2 Å². The Kier molecular flexibility index (Phi) is 6.30. The van der Waals surface area contributed by atoms with Crippen LogP contribution in [0, 0.1) is 0 Å². The molecule has 0 saturated carbocycles. The third-order valence-corrected chi connectivity index (χ3v) is 6.36. The van der Waals surface area contributed by atoms with E-state index in [1.54, 1.807) is 43.7 Å². The first-order chi connectivity index (χ1) is 15.4. The second-order valence-electron chi connectivity index (χ2n) is 7.10. The van der Waals surface area contributed by atoms with E-state index in [9.17, 15) is 9.59 Å². The van der Waals surface area contributed by atoms with Gasteiger partial charge in [-0.05, 0) is 43.7 Å². The number of methoxy groups -OCH3 is 1. The summed E-state index contributed by atoms with van der Waals surface area (Å²) in [5, 5.41) is 0.565. The number of fused-ring (bicyclic) bond motifs is 1. The van der Waals surface area contributed by atoms with E-state index in [2.05, 4.69) is 4.99 Å². The molecule has 0 saturated heterocycles. The molecule has 4 rings (SSSR count). The van der Waals surface area contributed by atoms with Crippen molar-refractivity contribution in [3.05, 3.63) is 95.6 Å². The molecule has 0 fully saturated rings. The van der Waals surface area contributed by atoms with E-state index < -0.39 is 12.0 Å². The van der Waals surface area contributed by atoms with Gasteiger partial charge in [0, 0.05) is 10.6 Å². The molecule has 0 bridgehead atoms. The highest BCUT2D eigenvalue weighted by Gasteiger charge is 2.33. The molecule has 8 heteroatoms. The average molecular weight is 469 g/mol. The topological polar surface area (TPSA) is 69.9 Å². The number of para-hydroxylation sites is 1. The van der Waals surface area contributed by atoms with Gasteiger partial charge >= 0.3 is 5.97 Å². The summed E-state index contributed by atoms with van der Waals surface area (Å²) >= 11 is 7.35. The molecule has 1 aromatic heterocycles. The molecule has 1 atom stereocenters. The predicted molar refractivity (Wildman–Crippen MR) is 125 cm³/mol. The van der Waals surface area contributed by atoms with Gasteiger partial charge in [0.2, 0.25) is 0 Å². The number of allylic oxidation sites excluding steroid dienone is 1. The van der Waals surface area contributed by atoms with Gasteiger partial charge in [0.15, 0.2) is 4.80 Å². The number of nitrogens with zero attached hydrogens (tertiary/aromatic N) is 2. The van der Waals surface area contributed by atoms with E-state index in [4.69, 9.17) is 21.1 Å². The summed E-state index contributed by atoms with van der Waals surface area (Å²) < 4.78 is 12.7. The van der Waals surface area contributed by atoms with Crippen molar-refractivity contribution in [1.29, 1.82) is 0 Å². The third-order valence-electron chi connectivity index (χ3n) is 5.13. The lowest BCUT2D eigenvalue weighted by Crippen LogP contribution is -2.39. The number of esters is 1. The van der Waals surface area contributed by atoms with Crippen LogP contribution in [0.2, 0.25) is 5.02 Å². The fourth-order valence-electron chi connectivity index (χ4n) is 3.68. The Hall–Kier alpha value is -3.16. The normalized spacial score (nSPS) is 15.9. The Balaban J connectivity index is 1.97. The summed E-state index contributed by atoms with van der Waals surface area (Å²) in [7, 11) is 1.59. The zero-order chi connectivity index (χ0) is 22.8. The molecule has 2 heterocycles. The summed E-state index contributed by atoms with van der Waals surface area (Å²) in [5.41, 5.74) is 2.15. The van der Waals surface area contributed by atoms with Crippen molar-refractivity contribution >= 4 is 35.0 Å². The van der Waals surface area contributed by atoms with Crippen LogP contribution in [0.4, 0.5) is 0 Å². The molecule has 0 aliphatic carbocycles. The third kappa shape index (κ3) is 4.01. The second-order valence-corrected chi connectivity index (χ2v) is 8.54. The van der Waals surface area contributed by atoms with Crippen LogP contribution in [0.3, 0.4) is 0 Å². The van der Waals surface area contributed by atoms with Gasteiger partial charge in [0.1, 0.15) is 5.75 Å². The van der Waals surface area contributed by atoms with Gasteiger partial charge in [-0.1, -0.05) is 53.3 Å². The minimum atomic E-state index is -0.664. The molecular formula is C24H21ClN2O4S. The zero-order valence-electron chi connectivity index (χ0n) is 17.8. The fourth-order valence-corrected chi connectivity index (χ4v) is 4.84. The number of aromatic nitrogens is 1. The lowest BCUT2D eigenvalue weighted by Gasteiger charge is -2.24. The van der Waals surface area contributed by atoms with Crippen molar-refractivity contribution in [2.75, 3.05) is 13.7 Å². The van der Waals surface area contributed by atoms with Crippen molar-refractivity contribution in [1.82, 2.24) is 4.57 Å². The highest BCUT2D eigenvalue weighted by Crippen LogP contribution is 2.31. The maximum Gasteiger partial charge on any atom is 0.338 e. The first-order valence-electron chi connectivity index (χ1n) is 10.0. The van der Waals surface area contributed by atoms with Crippen molar-refractivity contribution in [2.45, 2.75) is 19.9 Å². The van der Waals surface area contributed by atoms with E-state index in [1.807, 2.05) is 36.4 Å². The molecule has 0 radical (unpaired) electrons. The van der Waals surface area contributed by atoms with E-state index in [0.29, 0.717) is 31.4 Å². The smallest absolute Gasteiger partial charge is 0.338 e. The van der Waals surface area contributed by atoms with Crippen LogP contribution in [0.15, 0.2) is 69.6 Å². The summed E-state index contributed by atoms with van der Waals surface area (Å²) in [4.78, 5) is 31.5. The largest absolute Gasteiger partial charge is 0.496 e. The number of carbonyl (C=O) groups is 1. The standard InChI is InChI=1S/C24H21ClN2O4S/c1-4-31-23(29)20-14(2)26-24-27(21(20)15-9-11-17(25)12-10-15)22(28)19(32-24)13-16-7-5-6-8-18(16)30-3/h5-13,21H,4H2,1-3H3. The van der Waals surface area contributed by atoms with Crippen molar-refractivity contribution in [3.63, 3.8) is 0 Å². The highest BCUT2D eigenvalue weighted by molar-refractivity contribution is 7.07. The van der Waals surface area contributed by atoms with Crippen LogP contribution in [0.25, 0.3) is 6.08 Å². The number of rotatable bonds is 5. The first kappa shape index (κ1) is 22.0. The van der Waals surface area contributed by atoms with Gasteiger partial charge in [0.25, 0.3) is 5.56 Å². The number of halogens is 1. The highest BCUT2D eigenvalue weighted by atomic mass is 35.5. The number of benzene rings is 2. The Morgan fingerprint density at radius 1 is 1.22 bits per heavy atom. The molecule has 1 aliphatic rings. The second kappa shape index (κ2) is 9.14. The van der Waals surface area contributed by atoms with Crippen LogP contribution in [-0.2, 0) is 9.53 Å². The summed E-state index contributed by atoms with van der Waals surface area (Å²) in [6.45, 7) is 3.72. The molecular weight excluding hydrogens is 448 g/mol. The van der Waals surface area contributed by atoms with Crippen LogP contribution in [0.5, 0.6) is 5.75 Å². The Morgan fingerprint density at radius 3 is 2.62 bits per heavy atom. The van der Waals surface area contributed by atoms with Gasteiger partial charge in [-0.3, -0.25) is 9.36 Å². The van der Waals surface area contributed by atoms with E-state index >= 15 is 0 Å². The molecule has 6 nitrogen and oxygen atoms in total. The predicted octanol–water partition coefficient (Wildman–Crippen LogP) is 3.46. The van der Waals surface area contributed by atoms with Crippen LogP contribution >= 0.6 is 22.9 Å². The molecule has 2 aromatic carbocycles. The Morgan fingerprint density at radius 2 is 1.94 bits per heavy atom. The minimum absolute atomic E-state index is 0.223. The molecule has 1 aliphatic heterocycles. The van der Waals surface area contributed by atoms with Crippen LogP contribution < -0.4 is 19.6 Å². The summed E-state index contributed by atoms with van der Waals surface area (Å²) in [6, 6.07) is 13.9. The molecule has 0 amide bonds. The quantitative estimate of drug-likeness (QED) is 0.538. The van der Waals surface area contributed by atoms with E-state index in [1.165, 1.54) is 11.3 Å². The van der Waals surface area contributed by atoms with Gasteiger partial charge in [-0.2, -0.15) is 0 Å². The number of ether oxygens (including phenoxy) is 2. The maximum absolute atomic E-state index is 13.5. The van der Waals surface area contributed by atoms with Gasteiger partial charge in [0.05, 0.1) is 35.6 Å². The van der Waals surface area contributed by atoms with Crippen molar-refractivity contribution in [2.24, 2.45) is 4.99 Å². The van der Waals surface area contributed by atoms with Crippen LogP contribution in [0.1, 0.15) is 31.0 Å². The van der Waals surface area contributed by atoms with Crippen molar-refractivity contribution in [3.8, 4) is 5.75 Å². The molecule has 3 aromatic rings. The monoisotopic (exact) mass is 468 g/mol. The Bertz CT molecular complexity index is 1390. The molecule has 0 spiro atoms. The zero-order valence-corrected chi connectivity index (χ0v) is 19.4. The van der Waals surface area contributed by atoms with Gasteiger partial charge < -0.3 is 9.47 Å². The summed E-state index contributed by atoms with van der Waals surface area (Å²) in [5.74, 6) is 0.170. The Labute approximate surface area is 193 Å². The number of thiazole rings is 1. The van der Waals surface area contributed by atoms with E-state index in [0.717, 1.165) is 11.1 Å². The number of hydrogen-bond acceptors (Lipinski definition) is 6. The minimum Gasteiger partial charge on any atom is -0.496 e. The first-order valence-corrected chi connectivity index (χ1v) is 11.2. The number of carbonyl (C=O) groups excluding carboxylic acids is 1. The lowest BCUT2D eigenvalue weighted by atomic mass is 9.96. The maximum atomic E-state index is 13.5. The van der Waals surface area contributed by atoms with Crippen LogP contribution in [-0.4, -0.2) is 24.3 Å².